The zero-order valence-electron chi connectivity index (χ0n) is 14.3. The summed E-state index contributed by atoms with van der Waals surface area (Å²) in [5, 5.41) is 3.21. The maximum atomic E-state index is 13.7. The van der Waals surface area contributed by atoms with Gasteiger partial charge in [0.25, 0.3) is 0 Å². The number of fused-ring (bicyclic) bond motifs is 1. The summed E-state index contributed by atoms with van der Waals surface area (Å²) < 4.78 is 13.7. The van der Waals surface area contributed by atoms with Crippen LogP contribution >= 0.6 is 11.6 Å². The fourth-order valence-electron chi connectivity index (χ4n) is 3.35. The van der Waals surface area contributed by atoms with Crippen LogP contribution in [-0.2, 0) is 17.6 Å². The summed E-state index contributed by atoms with van der Waals surface area (Å²) in [5.41, 5.74) is 3.05. The van der Waals surface area contributed by atoms with Crippen molar-refractivity contribution in [1.29, 1.82) is 0 Å². The Morgan fingerprint density at radius 1 is 1.32 bits per heavy atom. The van der Waals surface area contributed by atoms with Gasteiger partial charge in [-0.15, -0.1) is 0 Å². The van der Waals surface area contributed by atoms with Crippen molar-refractivity contribution in [2.24, 2.45) is 0 Å². The van der Waals surface area contributed by atoms with Gasteiger partial charge in [0.05, 0.1) is 6.42 Å². The molecule has 1 atom stereocenters. The second-order valence-electron chi connectivity index (χ2n) is 6.49. The molecule has 2 aromatic carbocycles. The monoisotopic (exact) mass is 360 g/mol. The van der Waals surface area contributed by atoms with E-state index in [4.69, 9.17) is 11.6 Å². The first-order valence-corrected chi connectivity index (χ1v) is 8.97. The molecule has 0 aromatic heterocycles. The van der Waals surface area contributed by atoms with E-state index in [1.165, 1.54) is 17.3 Å². The van der Waals surface area contributed by atoms with Gasteiger partial charge in [-0.25, -0.2) is 4.39 Å². The second kappa shape index (κ2) is 7.87. The van der Waals surface area contributed by atoms with Crippen LogP contribution in [0.15, 0.2) is 42.5 Å². The SMILES string of the molecule is C[C@@H]1Cc2ccccc2N1CCCNC(=O)Cc1ccc(Cl)cc1F. The van der Waals surface area contributed by atoms with Gasteiger partial charge in [0, 0.05) is 29.8 Å². The highest BCUT2D eigenvalue weighted by Crippen LogP contribution is 2.31. The summed E-state index contributed by atoms with van der Waals surface area (Å²) >= 11 is 5.72. The number of nitrogens with one attached hydrogen (secondary N) is 1. The van der Waals surface area contributed by atoms with Crippen molar-refractivity contribution < 1.29 is 9.18 Å². The lowest BCUT2D eigenvalue weighted by Crippen LogP contribution is -2.33. The van der Waals surface area contributed by atoms with E-state index in [1.54, 1.807) is 12.1 Å². The molecule has 0 radical (unpaired) electrons. The van der Waals surface area contributed by atoms with Gasteiger partial charge in [-0.2, -0.15) is 0 Å². The number of halogens is 2. The van der Waals surface area contributed by atoms with E-state index < -0.39 is 5.82 Å². The molecule has 1 N–H and O–H groups in total. The first-order valence-electron chi connectivity index (χ1n) is 8.60. The van der Waals surface area contributed by atoms with Gasteiger partial charge >= 0.3 is 0 Å². The molecule has 25 heavy (non-hydrogen) atoms. The molecule has 1 aliphatic rings. The summed E-state index contributed by atoms with van der Waals surface area (Å²) in [6.07, 6.45) is 1.96. The van der Waals surface area contributed by atoms with Crippen LogP contribution < -0.4 is 10.2 Å². The van der Waals surface area contributed by atoms with Crippen molar-refractivity contribution in [3.05, 3.63) is 64.4 Å². The number of carbonyl (C=O) groups excluding carboxylic acids is 1. The second-order valence-corrected chi connectivity index (χ2v) is 6.93. The van der Waals surface area contributed by atoms with Crippen molar-refractivity contribution in [2.75, 3.05) is 18.0 Å². The van der Waals surface area contributed by atoms with Crippen molar-refractivity contribution in [2.45, 2.75) is 32.2 Å². The number of rotatable bonds is 6. The molecule has 0 saturated carbocycles. The molecule has 132 valence electrons. The Labute approximate surface area is 152 Å². The molecular weight excluding hydrogens is 339 g/mol. The van der Waals surface area contributed by atoms with E-state index in [0.29, 0.717) is 23.2 Å². The first-order chi connectivity index (χ1) is 12.0. The fourth-order valence-corrected chi connectivity index (χ4v) is 3.51. The standard InChI is InChI=1S/C20H22ClFN2O/c1-14-11-16-5-2-3-6-19(16)24(14)10-4-9-23-20(25)12-15-7-8-17(21)13-18(15)22/h2-3,5-8,13-14H,4,9-12H2,1H3,(H,23,25)/t14-/m1/s1. The molecule has 0 fully saturated rings. The zero-order chi connectivity index (χ0) is 17.8. The summed E-state index contributed by atoms with van der Waals surface area (Å²) in [4.78, 5) is 14.4. The van der Waals surface area contributed by atoms with Gasteiger partial charge in [0.2, 0.25) is 5.91 Å². The molecule has 1 amide bonds. The minimum Gasteiger partial charge on any atom is -0.368 e. The quantitative estimate of drug-likeness (QED) is 0.790. The van der Waals surface area contributed by atoms with Gasteiger partial charge in [0.1, 0.15) is 5.82 Å². The molecule has 0 spiro atoms. The van der Waals surface area contributed by atoms with Crippen LogP contribution in [0.3, 0.4) is 0 Å². The lowest BCUT2D eigenvalue weighted by atomic mass is 10.1. The Kier molecular flexibility index (Phi) is 5.59. The third-order valence-corrected chi connectivity index (χ3v) is 4.85. The van der Waals surface area contributed by atoms with Crippen LogP contribution in [0.25, 0.3) is 0 Å². The molecule has 2 aromatic rings. The van der Waals surface area contributed by atoms with Gasteiger partial charge in [-0.05, 0) is 49.1 Å². The average molecular weight is 361 g/mol. The van der Waals surface area contributed by atoms with E-state index in [1.807, 2.05) is 0 Å². The molecular formula is C20H22ClFN2O. The predicted molar refractivity (Wildman–Crippen MR) is 99.7 cm³/mol. The largest absolute Gasteiger partial charge is 0.368 e. The number of hydrogen-bond donors (Lipinski definition) is 1. The van der Waals surface area contributed by atoms with Gasteiger partial charge in [0.15, 0.2) is 0 Å². The number of amides is 1. The van der Waals surface area contributed by atoms with E-state index in [0.717, 1.165) is 19.4 Å². The van der Waals surface area contributed by atoms with Crippen LogP contribution in [0.2, 0.25) is 5.02 Å². The Balaban J connectivity index is 1.45. The minimum atomic E-state index is -0.440. The number of anilines is 1. The normalized spacial score (nSPS) is 16.0. The number of carbonyl (C=O) groups is 1. The van der Waals surface area contributed by atoms with Crippen molar-refractivity contribution in [3.8, 4) is 0 Å². The molecule has 1 aliphatic heterocycles. The Bertz CT molecular complexity index is 765. The van der Waals surface area contributed by atoms with E-state index in [-0.39, 0.29) is 12.3 Å². The molecule has 0 bridgehead atoms. The highest BCUT2D eigenvalue weighted by Gasteiger charge is 2.24. The smallest absolute Gasteiger partial charge is 0.224 e. The lowest BCUT2D eigenvalue weighted by molar-refractivity contribution is -0.120. The molecule has 3 rings (SSSR count). The topological polar surface area (TPSA) is 32.3 Å². The lowest BCUT2D eigenvalue weighted by Gasteiger charge is -2.24. The maximum Gasteiger partial charge on any atom is 0.224 e. The number of benzene rings is 2. The van der Waals surface area contributed by atoms with Gasteiger partial charge < -0.3 is 10.2 Å². The van der Waals surface area contributed by atoms with E-state index >= 15 is 0 Å². The third kappa shape index (κ3) is 4.31. The van der Waals surface area contributed by atoms with Crippen molar-refractivity contribution in [1.82, 2.24) is 5.32 Å². The fraction of sp³-hybridized carbons (Fsp3) is 0.350. The molecule has 1 heterocycles. The minimum absolute atomic E-state index is 0.0337. The van der Waals surface area contributed by atoms with Crippen LogP contribution in [-0.4, -0.2) is 25.0 Å². The van der Waals surface area contributed by atoms with E-state index in [2.05, 4.69) is 41.4 Å². The Morgan fingerprint density at radius 3 is 2.92 bits per heavy atom. The van der Waals surface area contributed by atoms with Crippen LogP contribution in [0.5, 0.6) is 0 Å². The highest BCUT2D eigenvalue weighted by molar-refractivity contribution is 6.30. The third-order valence-electron chi connectivity index (χ3n) is 4.61. The zero-order valence-corrected chi connectivity index (χ0v) is 15.0. The average Bonchev–Trinajstić information content (AvgIpc) is 2.90. The number of para-hydroxylation sites is 1. The van der Waals surface area contributed by atoms with Crippen molar-refractivity contribution in [3.63, 3.8) is 0 Å². The van der Waals surface area contributed by atoms with Crippen LogP contribution in [0, 0.1) is 5.82 Å². The Morgan fingerprint density at radius 2 is 2.12 bits per heavy atom. The maximum absolute atomic E-state index is 13.7. The highest BCUT2D eigenvalue weighted by atomic mass is 35.5. The van der Waals surface area contributed by atoms with Crippen molar-refractivity contribution >= 4 is 23.2 Å². The summed E-state index contributed by atoms with van der Waals surface area (Å²) in [6, 6.07) is 13.3. The first kappa shape index (κ1) is 17.7. The summed E-state index contributed by atoms with van der Waals surface area (Å²) in [5.74, 6) is -0.610. The van der Waals surface area contributed by atoms with E-state index in [9.17, 15) is 9.18 Å². The predicted octanol–water partition coefficient (Wildman–Crippen LogP) is 3.98. The summed E-state index contributed by atoms with van der Waals surface area (Å²) in [7, 11) is 0. The Hall–Kier alpha value is -2.07. The summed E-state index contributed by atoms with van der Waals surface area (Å²) in [6.45, 7) is 3.70. The van der Waals surface area contributed by atoms with Crippen LogP contribution in [0.4, 0.5) is 10.1 Å². The van der Waals surface area contributed by atoms with Gasteiger partial charge in [-0.3, -0.25) is 4.79 Å². The molecule has 0 unspecified atom stereocenters. The molecule has 5 heteroatoms. The molecule has 0 aliphatic carbocycles. The number of nitrogens with zero attached hydrogens (tertiary/aromatic N) is 1. The van der Waals surface area contributed by atoms with Crippen LogP contribution in [0.1, 0.15) is 24.5 Å². The number of hydrogen-bond acceptors (Lipinski definition) is 2. The molecule has 3 nitrogen and oxygen atoms in total. The van der Waals surface area contributed by atoms with Gasteiger partial charge in [-0.1, -0.05) is 35.9 Å². The molecule has 0 saturated heterocycles.